The van der Waals surface area contributed by atoms with Crippen molar-refractivity contribution < 1.29 is 9.53 Å². The van der Waals surface area contributed by atoms with E-state index in [1.165, 1.54) is 11.9 Å². The van der Waals surface area contributed by atoms with E-state index in [2.05, 4.69) is 76.7 Å². The molecule has 1 aromatic carbocycles. The number of anilines is 1. The van der Waals surface area contributed by atoms with Crippen LogP contribution in [-0.4, -0.2) is 60.5 Å². The Morgan fingerprint density at radius 2 is 2.00 bits per heavy atom. The SMILES string of the molecule is Cc1cc(N2CC[C@](C)(c3ccccc3)C2)cn2nc(C34CC(NC(=O)Cn5ncnc5C)(CO3)C4)nc12. The van der Waals surface area contributed by atoms with Crippen molar-refractivity contribution in [2.45, 2.75) is 63.1 Å². The van der Waals surface area contributed by atoms with Gasteiger partial charge in [-0.3, -0.25) is 4.79 Å². The number of carbonyl (C=O) groups is 1. The van der Waals surface area contributed by atoms with Crippen LogP contribution in [0.1, 0.15) is 49.0 Å². The quantitative estimate of drug-likeness (QED) is 0.424. The Labute approximate surface area is 221 Å². The number of carbonyl (C=O) groups excluding carboxylic acids is 1. The van der Waals surface area contributed by atoms with Crippen LogP contribution in [0.25, 0.3) is 5.65 Å². The number of fused-ring (bicyclic) bond motifs is 2. The number of pyridine rings is 1. The van der Waals surface area contributed by atoms with Crippen LogP contribution in [0.5, 0.6) is 0 Å². The molecule has 196 valence electrons. The van der Waals surface area contributed by atoms with Gasteiger partial charge in [0.05, 0.1) is 24.0 Å². The van der Waals surface area contributed by atoms with Gasteiger partial charge in [0.25, 0.3) is 0 Å². The summed E-state index contributed by atoms with van der Waals surface area (Å²) in [6.45, 7) is 8.85. The van der Waals surface area contributed by atoms with Crippen molar-refractivity contribution in [1.29, 1.82) is 0 Å². The highest BCUT2D eigenvalue weighted by Crippen LogP contribution is 2.57. The molecule has 0 unspecified atom stereocenters. The van der Waals surface area contributed by atoms with Gasteiger partial charge in [0.2, 0.25) is 5.91 Å². The van der Waals surface area contributed by atoms with Crippen molar-refractivity contribution >= 4 is 17.2 Å². The average Bonchev–Trinajstić information content (AvgIpc) is 3.69. The molecule has 38 heavy (non-hydrogen) atoms. The van der Waals surface area contributed by atoms with Crippen molar-refractivity contribution in [2.24, 2.45) is 0 Å². The van der Waals surface area contributed by atoms with E-state index < -0.39 is 5.60 Å². The normalized spacial score (nSPS) is 28.1. The van der Waals surface area contributed by atoms with E-state index in [1.807, 2.05) is 11.4 Å². The van der Waals surface area contributed by atoms with Gasteiger partial charge in [0.1, 0.15) is 24.3 Å². The Morgan fingerprint density at radius 1 is 1.18 bits per heavy atom. The zero-order valence-electron chi connectivity index (χ0n) is 22.0. The number of amides is 1. The van der Waals surface area contributed by atoms with Gasteiger partial charge in [-0.15, -0.1) is 5.10 Å². The molecular formula is C28H32N8O2. The van der Waals surface area contributed by atoms with E-state index in [9.17, 15) is 4.79 Å². The van der Waals surface area contributed by atoms with Crippen LogP contribution in [0.15, 0.2) is 48.9 Å². The third kappa shape index (κ3) is 3.61. The van der Waals surface area contributed by atoms with Crippen molar-refractivity contribution in [2.75, 3.05) is 24.6 Å². The summed E-state index contributed by atoms with van der Waals surface area (Å²) in [5.41, 5.74) is 3.69. The van der Waals surface area contributed by atoms with Crippen molar-refractivity contribution in [3.05, 3.63) is 71.7 Å². The second-order valence-electron chi connectivity index (χ2n) is 11.6. The summed E-state index contributed by atoms with van der Waals surface area (Å²) in [6.07, 6.45) is 6.01. The fourth-order valence-corrected chi connectivity index (χ4v) is 6.57. The first-order valence-corrected chi connectivity index (χ1v) is 13.2. The van der Waals surface area contributed by atoms with Gasteiger partial charge in [0, 0.05) is 31.3 Å². The summed E-state index contributed by atoms with van der Waals surface area (Å²) in [5.74, 6) is 1.32. The number of hydrogen-bond acceptors (Lipinski definition) is 7. The van der Waals surface area contributed by atoms with Crippen molar-refractivity contribution in [1.82, 2.24) is 34.7 Å². The van der Waals surface area contributed by atoms with Gasteiger partial charge < -0.3 is 15.0 Å². The molecule has 0 spiro atoms. The Kier molecular flexibility index (Phi) is 4.98. The molecule has 3 aliphatic heterocycles. The van der Waals surface area contributed by atoms with Gasteiger partial charge in [-0.1, -0.05) is 37.3 Å². The first kappa shape index (κ1) is 23.3. The molecule has 1 amide bonds. The Hall–Kier alpha value is -3.79. The molecule has 0 radical (unpaired) electrons. The minimum atomic E-state index is -0.547. The van der Waals surface area contributed by atoms with Gasteiger partial charge in [-0.05, 0) is 37.5 Å². The Morgan fingerprint density at radius 3 is 2.76 bits per heavy atom. The lowest BCUT2D eigenvalue weighted by atomic mass is 9.68. The molecule has 4 fully saturated rings. The number of aryl methyl sites for hydroxylation is 2. The predicted molar refractivity (Wildman–Crippen MR) is 141 cm³/mol. The Balaban J connectivity index is 1.08. The largest absolute Gasteiger partial charge is 0.369 e. The topological polar surface area (TPSA) is 102 Å². The van der Waals surface area contributed by atoms with Crippen LogP contribution in [0, 0.1) is 13.8 Å². The summed E-state index contributed by atoms with van der Waals surface area (Å²) in [5, 5.41) is 12.2. The van der Waals surface area contributed by atoms with Crippen LogP contribution in [-0.2, 0) is 27.1 Å². The maximum Gasteiger partial charge on any atom is 0.242 e. The summed E-state index contributed by atoms with van der Waals surface area (Å²) in [6, 6.07) is 13.0. The van der Waals surface area contributed by atoms with Gasteiger partial charge in [0.15, 0.2) is 11.5 Å². The lowest BCUT2D eigenvalue weighted by molar-refractivity contribution is -0.125. The minimum absolute atomic E-state index is 0.0886. The molecule has 6 heterocycles. The molecule has 1 atom stereocenters. The molecule has 4 aliphatic rings. The van der Waals surface area contributed by atoms with Crippen molar-refractivity contribution in [3.8, 4) is 0 Å². The molecule has 2 bridgehead atoms. The van der Waals surface area contributed by atoms with Gasteiger partial charge >= 0.3 is 0 Å². The van der Waals surface area contributed by atoms with Gasteiger partial charge in [-0.2, -0.15) is 5.10 Å². The predicted octanol–water partition coefficient (Wildman–Crippen LogP) is 2.68. The number of nitrogens with one attached hydrogen (secondary N) is 1. The van der Waals surface area contributed by atoms with Crippen molar-refractivity contribution in [3.63, 3.8) is 0 Å². The van der Waals surface area contributed by atoms with Gasteiger partial charge in [-0.25, -0.2) is 19.2 Å². The zero-order chi connectivity index (χ0) is 26.1. The fraction of sp³-hybridized carbons (Fsp3) is 0.464. The number of ether oxygens (including phenoxy) is 1. The number of nitrogens with zero attached hydrogens (tertiary/aromatic N) is 7. The van der Waals surface area contributed by atoms with E-state index in [0.717, 1.165) is 36.4 Å². The second kappa shape index (κ2) is 8.10. The van der Waals surface area contributed by atoms with Crippen LogP contribution in [0.2, 0.25) is 0 Å². The van der Waals surface area contributed by atoms with E-state index in [-0.39, 0.29) is 23.4 Å². The van der Waals surface area contributed by atoms with Crippen LogP contribution in [0.3, 0.4) is 0 Å². The smallest absolute Gasteiger partial charge is 0.242 e. The zero-order valence-corrected chi connectivity index (χ0v) is 22.0. The summed E-state index contributed by atoms with van der Waals surface area (Å²) >= 11 is 0. The third-order valence-electron chi connectivity index (χ3n) is 8.70. The molecule has 3 aromatic heterocycles. The first-order chi connectivity index (χ1) is 18.3. The highest BCUT2D eigenvalue weighted by molar-refractivity contribution is 5.77. The molecule has 10 nitrogen and oxygen atoms in total. The molecule has 1 saturated carbocycles. The van der Waals surface area contributed by atoms with E-state index in [1.54, 1.807) is 4.68 Å². The Bertz CT molecular complexity index is 1540. The molecule has 4 aromatic rings. The van der Waals surface area contributed by atoms with E-state index in [4.69, 9.17) is 14.8 Å². The molecular weight excluding hydrogens is 480 g/mol. The lowest BCUT2D eigenvalue weighted by Crippen LogP contribution is -2.59. The summed E-state index contributed by atoms with van der Waals surface area (Å²) in [7, 11) is 0. The number of aromatic nitrogens is 6. The van der Waals surface area contributed by atoms with Crippen LogP contribution >= 0.6 is 0 Å². The average molecular weight is 513 g/mol. The van der Waals surface area contributed by atoms with Crippen LogP contribution in [0.4, 0.5) is 5.69 Å². The molecule has 10 heteroatoms. The van der Waals surface area contributed by atoms with E-state index in [0.29, 0.717) is 31.1 Å². The van der Waals surface area contributed by atoms with Crippen LogP contribution < -0.4 is 10.2 Å². The highest BCUT2D eigenvalue weighted by atomic mass is 16.5. The second-order valence-corrected chi connectivity index (χ2v) is 11.6. The van der Waals surface area contributed by atoms with E-state index >= 15 is 0 Å². The maximum atomic E-state index is 12.7. The molecule has 3 saturated heterocycles. The minimum Gasteiger partial charge on any atom is -0.369 e. The molecule has 8 rings (SSSR count). The third-order valence-corrected chi connectivity index (χ3v) is 8.70. The molecule has 1 aliphatic carbocycles. The highest BCUT2D eigenvalue weighted by Gasteiger charge is 2.66. The fourth-order valence-electron chi connectivity index (χ4n) is 6.57. The number of rotatable bonds is 6. The standard InChI is InChI=1S/C28H32N8O2/c1-19-11-22(34-10-9-26(3,16-34)21-7-5-4-6-8-21)12-36-24(19)31-25(33-36)28-14-27(15-28,17-38-28)32-23(37)13-35-20(2)29-18-30-35/h4-8,11-12,18H,9-10,13-17H2,1-3H3,(H,32,37)/t26-,27?,28?/m0/s1. The molecule has 1 N–H and O–H groups in total. The monoisotopic (exact) mass is 512 g/mol. The number of hydrogen-bond donors (Lipinski definition) is 1. The summed E-state index contributed by atoms with van der Waals surface area (Å²) < 4.78 is 9.74. The maximum absolute atomic E-state index is 12.7. The first-order valence-electron chi connectivity index (χ1n) is 13.2. The number of benzene rings is 1. The lowest BCUT2D eigenvalue weighted by Gasteiger charge is -2.43. The summed E-state index contributed by atoms with van der Waals surface area (Å²) in [4.78, 5) is 24.1.